The second-order valence-corrected chi connectivity index (χ2v) is 10.2. The molecule has 1 fully saturated rings. The van der Waals surface area contributed by atoms with Crippen LogP contribution in [0.2, 0.25) is 0 Å². The number of aromatic nitrogens is 3. The van der Waals surface area contributed by atoms with Crippen LogP contribution in [0, 0.1) is 5.82 Å². The van der Waals surface area contributed by atoms with Crippen molar-refractivity contribution in [3.05, 3.63) is 59.5 Å². The first kappa shape index (κ1) is 23.9. The average molecular weight is 514 g/mol. The fourth-order valence-electron chi connectivity index (χ4n) is 4.40. The van der Waals surface area contributed by atoms with E-state index >= 15 is 0 Å². The van der Waals surface area contributed by atoms with Gasteiger partial charge in [0, 0.05) is 50.4 Å². The molecule has 4 aromatic rings. The van der Waals surface area contributed by atoms with E-state index in [0.29, 0.717) is 13.1 Å². The lowest BCUT2D eigenvalue weighted by Gasteiger charge is -2.36. The number of hydrogen-bond donors (Lipinski definition) is 0. The van der Waals surface area contributed by atoms with Crippen molar-refractivity contribution >= 4 is 44.7 Å². The number of pyridine rings is 1. The molecule has 1 aliphatic heterocycles. The molecule has 1 aliphatic rings. The Balaban J connectivity index is 1.43. The summed E-state index contributed by atoms with van der Waals surface area (Å²) in [6.07, 6.45) is 2.88. The largest absolute Gasteiger partial charge is 0.771 e. The third kappa shape index (κ3) is 4.94. The normalized spacial score (nSPS) is 15.6. The van der Waals surface area contributed by atoms with Crippen molar-refractivity contribution in [1.29, 1.82) is 0 Å². The third-order valence-electron chi connectivity index (χ3n) is 6.24. The van der Waals surface area contributed by atoms with Gasteiger partial charge in [0.05, 0.1) is 23.0 Å². The van der Waals surface area contributed by atoms with E-state index in [1.54, 1.807) is 12.1 Å². The van der Waals surface area contributed by atoms with Gasteiger partial charge in [-0.25, -0.2) is 14.4 Å². The minimum Gasteiger partial charge on any atom is -0.771 e. The molecule has 1 unspecified atom stereocenters. The highest BCUT2D eigenvalue weighted by Gasteiger charge is 2.22. The van der Waals surface area contributed by atoms with Crippen LogP contribution in [0.3, 0.4) is 0 Å². The maximum atomic E-state index is 13.3. The molecule has 11 heteroatoms. The molecule has 184 valence electrons. The Labute approximate surface area is 209 Å². The van der Waals surface area contributed by atoms with Gasteiger partial charge in [0.15, 0.2) is 5.13 Å². The van der Waals surface area contributed by atoms with Crippen LogP contribution in [0.25, 0.3) is 16.9 Å². The first-order valence-electron chi connectivity index (χ1n) is 11.4. The molecular formula is C24H26FN6O2S2-. The summed E-state index contributed by atoms with van der Waals surface area (Å²) in [6, 6.07) is 10.5. The quantitative estimate of drug-likeness (QED) is 0.347. The number of fused-ring (bicyclic) bond motifs is 1. The van der Waals surface area contributed by atoms with Crippen molar-refractivity contribution in [2.24, 2.45) is 0 Å². The fraction of sp³-hybridized carbons (Fsp3) is 0.333. The molecule has 5 rings (SSSR count). The number of rotatable bonds is 7. The number of imidazole rings is 1. The lowest BCUT2D eigenvalue weighted by Crippen LogP contribution is -2.47. The molecule has 1 atom stereocenters. The van der Waals surface area contributed by atoms with Gasteiger partial charge in [-0.15, -0.1) is 11.3 Å². The van der Waals surface area contributed by atoms with Crippen LogP contribution in [0.4, 0.5) is 21.0 Å². The van der Waals surface area contributed by atoms with E-state index in [-0.39, 0.29) is 11.7 Å². The van der Waals surface area contributed by atoms with Gasteiger partial charge in [-0.1, -0.05) is 6.92 Å². The molecule has 0 N–H and O–H groups in total. The number of anilines is 3. The van der Waals surface area contributed by atoms with Crippen LogP contribution in [0.5, 0.6) is 0 Å². The van der Waals surface area contributed by atoms with Gasteiger partial charge in [-0.3, -0.25) is 13.5 Å². The molecule has 0 saturated carbocycles. The molecule has 1 aromatic carbocycles. The van der Waals surface area contributed by atoms with Crippen molar-refractivity contribution in [3.8, 4) is 11.3 Å². The summed E-state index contributed by atoms with van der Waals surface area (Å²) in [5.41, 5.74) is 4.59. The van der Waals surface area contributed by atoms with E-state index in [1.807, 2.05) is 23.4 Å². The van der Waals surface area contributed by atoms with Gasteiger partial charge in [0.2, 0.25) is 0 Å². The van der Waals surface area contributed by atoms with Gasteiger partial charge >= 0.3 is 0 Å². The maximum absolute atomic E-state index is 13.3. The molecule has 0 bridgehead atoms. The smallest absolute Gasteiger partial charge is 0.191 e. The van der Waals surface area contributed by atoms with E-state index in [0.717, 1.165) is 58.7 Å². The van der Waals surface area contributed by atoms with Crippen LogP contribution in [-0.2, 0) is 17.5 Å². The molecular weight excluding hydrogens is 487 g/mol. The van der Waals surface area contributed by atoms with Crippen molar-refractivity contribution in [1.82, 2.24) is 19.3 Å². The van der Waals surface area contributed by atoms with Crippen LogP contribution >= 0.6 is 11.3 Å². The molecule has 0 aliphatic carbocycles. The Morgan fingerprint density at radius 2 is 1.86 bits per heavy atom. The molecule has 4 heterocycles. The summed E-state index contributed by atoms with van der Waals surface area (Å²) in [7, 11) is 1.99. The number of piperazine rings is 1. The second kappa shape index (κ2) is 10.0. The highest BCUT2D eigenvalue weighted by molar-refractivity contribution is 7.79. The highest BCUT2D eigenvalue weighted by Crippen LogP contribution is 2.34. The zero-order valence-corrected chi connectivity index (χ0v) is 21.2. The first-order chi connectivity index (χ1) is 16.9. The van der Waals surface area contributed by atoms with Crippen molar-refractivity contribution in [3.63, 3.8) is 0 Å². The topological polar surface area (TPSA) is 80.0 Å². The van der Waals surface area contributed by atoms with Crippen LogP contribution in [0.1, 0.15) is 12.6 Å². The van der Waals surface area contributed by atoms with Gasteiger partial charge in [0.25, 0.3) is 0 Å². The molecule has 1 saturated heterocycles. The van der Waals surface area contributed by atoms with Gasteiger partial charge in [-0.2, -0.15) is 0 Å². The highest BCUT2D eigenvalue weighted by atomic mass is 32.2. The maximum Gasteiger partial charge on any atom is 0.191 e. The van der Waals surface area contributed by atoms with Crippen molar-refractivity contribution in [2.75, 3.05) is 48.9 Å². The third-order valence-corrected chi connectivity index (χ3v) is 7.74. The Hall–Kier alpha value is -2.86. The molecule has 35 heavy (non-hydrogen) atoms. The number of hydrogen-bond acceptors (Lipinski definition) is 8. The van der Waals surface area contributed by atoms with E-state index in [4.69, 9.17) is 9.97 Å². The monoisotopic (exact) mass is 513 g/mol. The van der Waals surface area contributed by atoms with Crippen molar-refractivity contribution < 1.29 is 13.2 Å². The molecule has 3 aromatic heterocycles. The summed E-state index contributed by atoms with van der Waals surface area (Å²) >= 11 is -0.523. The SMILES string of the molecule is CCc1nc2ccc(N3CCN(CS(=O)[O-])CC3)cn2c1N(C)c1nc(-c2ccc(F)cc2)cs1. The summed E-state index contributed by atoms with van der Waals surface area (Å²) in [6.45, 7) is 5.01. The van der Waals surface area contributed by atoms with Gasteiger partial charge < -0.3 is 14.4 Å². The summed E-state index contributed by atoms with van der Waals surface area (Å²) in [5, 5.41) is 2.80. The van der Waals surface area contributed by atoms with Gasteiger partial charge in [-0.05, 0) is 53.9 Å². The summed E-state index contributed by atoms with van der Waals surface area (Å²) in [4.78, 5) is 15.9. The van der Waals surface area contributed by atoms with Gasteiger partial charge in [0.1, 0.15) is 17.3 Å². The Morgan fingerprint density at radius 3 is 2.54 bits per heavy atom. The van der Waals surface area contributed by atoms with E-state index < -0.39 is 11.1 Å². The predicted molar refractivity (Wildman–Crippen MR) is 138 cm³/mol. The standard InChI is InChI=1S/C24H27FN6O2S2/c1-3-20-23(28(2)24-27-21(15-34-24)17-4-6-18(25)7-5-17)31-14-19(8-9-22(31)26-20)30-12-10-29(11-13-30)16-35(32)33/h4-9,14-15H,3,10-13,16H2,1-2H3,(H,32,33)/p-1. The van der Waals surface area contributed by atoms with E-state index in [2.05, 4.69) is 33.4 Å². The molecule has 0 amide bonds. The van der Waals surface area contributed by atoms with E-state index in [1.165, 1.54) is 23.5 Å². The molecule has 0 spiro atoms. The van der Waals surface area contributed by atoms with Crippen molar-refractivity contribution in [2.45, 2.75) is 13.3 Å². The summed E-state index contributed by atoms with van der Waals surface area (Å²) < 4.78 is 37.5. The van der Waals surface area contributed by atoms with Crippen LogP contribution < -0.4 is 9.80 Å². The zero-order valence-electron chi connectivity index (χ0n) is 19.6. The lowest BCUT2D eigenvalue weighted by atomic mass is 10.2. The minimum atomic E-state index is -2.06. The van der Waals surface area contributed by atoms with E-state index in [9.17, 15) is 13.2 Å². The predicted octanol–water partition coefficient (Wildman–Crippen LogP) is 3.89. The Morgan fingerprint density at radius 1 is 1.11 bits per heavy atom. The van der Waals surface area contributed by atoms with Crippen LogP contribution in [-0.4, -0.2) is 67.1 Å². The number of halogens is 1. The summed E-state index contributed by atoms with van der Waals surface area (Å²) in [5.74, 6) is 0.777. The second-order valence-electron chi connectivity index (χ2n) is 8.47. The Kier molecular flexibility index (Phi) is 6.83. The fourth-order valence-corrected chi connectivity index (χ4v) is 5.75. The number of benzene rings is 1. The number of aryl methyl sites for hydroxylation is 1. The first-order valence-corrected chi connectivity index (χ1v) is 13.5. The molecule has 8 nitrogen and oxygen atoms in total. The Bertz CT molecular complexity index is 1350. The average Bonchev–Trinajstić information content (AvgIpc) is 3.49. The van der Waals surface area contributed by atoms with Crippen LogP contribution in [0.15, 0.2) is 48.0 Å². The lowest BCUT2D eigenvalue weighted by molar-refractivity contribution is 0.291. The number of thiazole rings is 1. The number of nitrogens with zero attached hydrogens (tertiary/aromatic N) is 6. The molecule has 0 radical (unpaired) electrons. The zero-order chi connectivity index (χ0) is 24.5. The minimum absolute atomic E-state index is 0.0803.